The highest BCUT2D eigenvalue weighted by atomic mass is 35.5. The smallest absolute Gasteiger partial charge is 0.416 e. The van der Waals surface area contributed by atoms with E-state index in [-0.39, 0.29) is 34.8 Å². The summed E-state index contributed by atoms with van der Waals surface area (Å²) in [5.41, 5.74) is -2.46. The van der Waals surface area contributed by atoms with Crippen LogP contribution in [0.1, 0.15) is 33.5 Å². The number of phenols is 1. The third-order valence-corrected chi connectivity index (χ3v) is 6.32. The molecule has 0 saturated carbocycles. The van der Waals surface area contributed by atoms with Gasteiger partial charge in [0, 0.05) is 24.7 Å². The van der Waals surface area contributed by atoms with Crippen LogP contribution >= 0.6 is 11.6 Å². The SMILES string of the molecule is N#Cc1c(F)ccc(CNC(Cc2ccccc2)(c2cc(F)cc(C(F)(F)F)c2)c2ccc(Cl)cn2)c1O. The van der Waals surface area contributed by atoms with Gasteiger partial charge in [-0.1, -0.05) is 48.0 Å². The Morgan fingerprint density at radius 3 is 2.29 bits per heavy atom. The second-order valence-corrected chi connectivity index (χ2v) is 8.99. The van der Waals surface area contributed by atoms with E-state index >= 15 is 0 Å². The van der Waals surface area contributed by atoms with Gasteiger partial charge in [0.1, 0.15) is 29.0 Å². The first-order chi connectivity index (χ1) is 18.0. The fraction of sp³-hybridized carbons (Fsp3) is 0.143. The van der Waals surface area contributed by atoms with E-state index in [4.69, 9.17) is 11.6 Å². The van der Waals surface area contributed by atoms with Crippen LogP contribution in [0.15, 0.2) is 79.0 Å². The predicted octanol–water partition coefficient (Wildman–Crippen LogP) is 6.89. The molecule has 0 aliphatic heterocycles. The van der Waals surface area contributed by atoms with Crippen LogP contribution in [0.2, 0.25) is 5.02 Å². The minimum atomic E-state index is -4.83. The molecular formula is C28H19ClF5N3O. The molecular weight excluding hydrogens is 525 g/mol. The normalized spacial score (nSPS) is 13.1. The Hall–Kier alpha value is -4.00. The monoisotopic (exact) mass is 543 g/mol. The minimum absolute atomic E-state index is 0.0102. The van der Waals surface area contributed by atoms with E-state index < -0.39 is 40.2 Å². The molecule has 0 bridgehead atoms. The first kappa shape index (κ1) is 27.0. The molecule has 0 saturated heterocycles. The van der Waals surface area contributed by atoms with Crippen molar-refractivity contribution in [3.8, 4) is 11.8 Å². The number of aromatic hydroxyl groups is 1. The van der Waals surface area contributed by atoms with E-state index in [1.54, 1.807) is 36.4 Å². The van der Waals surface area contributed by atoms with Gasteiger partial charge in [0.05, 0.1) is 21.8 Å². The number of hydrogen-bond acceptors (Lipinski definition) is 4. The van der Waals surface area contributed by atoms with Crippen molar-refractivity contribution in [1.29, 1.82) is 5.26 Å². The van der Waals surface area contributed by atoms with Crippen LogP contribution in [0.5, 0.6) is 5.75 Å². The Kier molecular flexibility index (Phi) is 7.67. The van der Waals surface area contributed by atoms with E-state index in [0.29, 0.717) is 11.6 Å². The summed E-state index contributed by atoms with van der Waals surface area (Å²) in [7, 11) is 0. The highest BCUT2D eigenvalue weighted by molar-refractivity contribution is 6.30. The summed E-state index contributed by atoms with van der Waals surface area (Å²) >= 11 is 6.03. The van der Waals surface area contributed by atoms with Crippen molar-refractivity contribution in [2.75, 3.05) is 0 Å². The molecule has 1 aromatic heterocycles. The molecule has 0 aliphatic rings. The highest BCUT2D eigenvalue weighted by Crippen LogP contribution is 2.38. The number of nitrogens with zero attached hydrogens (tertiary/aromatic N) is 2. The average molecular weight is 544 g/mol. The molecule has 0 radical (unpaired) electrons. The molecule has 3 aromatic carbocycles. The zero-order valence-corrected chi connectivity index (χ0v) is 20.3. The number of rotatable bonds is 7. The largest absolute Gasteiger partial charge is 0.506 e. The lowest BCUT2D eigenvalue weighted by atomic mass is 9.79. The molecule has 0 fully saturated rings. The molecule has 1 heterocycles. The van der Waals surface area contributed by atoms with Crippen molar-refractivity contribution in [1.82, 2.24) is 10.3 Å². The van der Waals surface area contributed by atoms with Crippen molar-refractivity contribution in [2.45, 2.75) is 24.7 Å². The number of aromatic nitrogens is 1. The van der Waals surface area contributed by atoms with E-state index in [1.165, 1.54) is 24.4 Å². The summed E-state index contributed by atoms with van der Waals surface area (Å²) in [5.74, 6) is -2.66. The standard InChI is InChI=1S/C28H19ClF5N3O/c29-21-7-9-25(36-16-21)27(13-17-4-2-1-3-5-17,19-10-20(28(32,33)34)12-22(30)11-19)37-15-18-6-8-24(31)23(14-35)26(18)38/h1-12,16,37-38H,13,15H2. The summed E-state index contributed by atoms with van der Waals surface area (Å²) in [6.45, 7) is -0.240. The third kappa shape index (κ3) is 5.62. The Bertz CT molecular complexity index is 1490. The number of nitriles is 1. The van der Waals surface area contributed by atoms with Crippen LogP contribution < -0.4 is 5.32 Å². The van der Waals surface area contributed by atoms with Crippen LogP contribution in [0.4, 0.5) is 22.0 Å². The maximum absolute atomic E-state index is 14.7. The Balaban J connectivity index is 1.95. The second-order valence-electron chi connectivity index (χ2n) is 8.55. The number of phenolic OH excluding ortho intramolecular Hbond substituents is 1. The number of benzene rings is 3. The molecule has 0 spiro atoms. The highest BCUT2D eigenvalue weighted by Gasteiger charge is 2.39. The number of alkyl halides is 3. The van der Waals surface area contributed by atoms with Crippen molar-refractivity contribution in [2.24, 2.45) is 0 Å². The van der Waals surface area contributed by atoms with E-state index in [0.717, 1.165) is 18.2 Å². The molecule has 38 heavy (non-hydrogen) atoms. The lowest BCUT2D eigenvalue weighted by Crippen LogP contribution is -2.46. The summed E-state index contributed by atoms with van der Waals surface area (Å²) in [4.78, 5) is 4.35. The fourth-order valence-electron chi connectivity index (χ4n) is 4.23. The quantitative estimate of drug-likeness (QED) is 0.249. The van der Waals surface area contributed by atoms with Gasteiger partial charge in [-0.3, -0.25) is 10.3 Å². The second kappa shape index (κ2) is 10.8. The van der Waals surface area contributed by atoms with Gasteiger partial charge in [-0.2, -0.15) is 18.4 Å². The molecule has 4 aromatic rings. The molecule has 4 nitrogen and oxygen atoms in total. The molecule has 2 N–H and O–H groups in total. The first-order valence-electron chi connectivity index (χ1n) is 11.2. The number of nitrogens with one attached hydrogen (secondary N) is 1. The Labute approximate surface area is 220 Å². The summed E-state index contributed by atoms with van der Waals surface area (Å²) in [5, 5.41) is 23.1. The van der Waals surface area contributed by atoms with E-state index in [1.807, 2.05) is 0 Å². The van der Waals surface area contributed by atoms with Crippen LogP contribution in [-0.4, -0.2) is 10.1 Å². The number of hydrogen-bond donors (Lipinski definition) is 2. The lowest BCUT2D eigenvalue weighted by Gasteiger charge is -2.36. The molecule has 4 rings (SSSR count). The minimum Gasteiger partial charge on any atom is -0.506 e. The summed E-state index contributed by atoms with van der Waals surface area (Å²) in [6.07, 6.45) is -3.51. The maximum Gasteiger partial charge on any atom is 0.416 e. The molecule has 194 valence electrons. The zero-order chi connectivity index (χ0) is 27.5. The third-order valence-electron chi connectivity index (χ3n) is 6.10. The van der Waals surface area contributed by atoms with Crippen molar-refractivity contribution >= 4 is 11.6 Å². The van der Waals surface area contributed by atoms with Gasteiger partial charge in [0.15, 0.2) is 0 Å². The predicted molar refractivity (Wildman–Crippen MR) is 131 cm³/mol. The van der Waals surface area contributed by atoms with Crippen LogP contribution in [0, 0.1) is 23.0 Å². The van der Waals surface area contributed by atoms with Crippen molar-refractivity contribution in [3.63, 3.8) is 0 Å². The fourth-order valence-corrected chi connectivity index (χ4v) is 4.34. The van der Waals surface area contributed by atoms with Crippen molar-refractivity contribution in [3.05, 3.63) is 129 Å². The van der Waals surface area contributed by atoms with Gasteiger partial charge in [0.2, 0.25) is 0 Å². The van der Waals surface area contributed by atoms with Crippen LogP contribution in [-0.2, 0) is 24.7 Å². The van der Waals surface area contributed by atoms with E-state index in [9.17, 15) is 32.3 Å². The molecule has 0 aliphatic carbocycles. The molecule has 1 unspecified atom stereocenters. The van der Waals surface area contributed by atoms with Gasteiger partial charge in [-0.25, -0.2) is 8.78 Å². The van der Waals surface area contributed by atoms with Gasteiger partial charge >= 0.3 is 6.18 Å². The van der Waals surface area contributed by atoms with E-state index in [2.05, 4.69) is 10.3 Å². The topological polar surface area (TPSA) is 68.9 Å². The Morgan fingerprint density at radius 1 is 0.947 bits per heavy atom. The van der Waals surface area contributed by atoms with Gasteiger partial charge in [-0.05, 0) is 47.5 Å². The lowest BCUT2D eigenvalue weighted by molar-refractivity contribution is -0.137. The number of pyridine rings is 1. The molecule has 0 amide bonds. The number of halogens is 6. The van der Waals surface area contributed by atoms with Crippen LogP contribution in [0.3, 0.4) is 0 Å². The van der Waals surface area contributed by atoms with Gasteiger partial charge in [-0.15, -0.1) is 0 Å². The molecule has 1 atom stereocenters. The van der Waals surface area contributed by atoms with Gasteiger partial charge in [0.25, 0.3) is 0 Å². The average Bonchev–Trinajstić information content (AvgIpc) is 2.88. The van der Waals surface area contributed by atoms with Crippen LogP contribution in [0.25, 0.3) is 0 Å². The Morgan fingerprint density at radius 2 is 1.66 bits per heavy atom. The summed E-state index contributed by atoms with van der Waals surface area (Å²) < 4.78 is 69.8. The van der Waals surface area contributed by atoms with Gasteiger partial charge < -0.3 is 5.11 Å². The first-order valence-corrected chi connectivity index (χ1v) is 11.6. The van der Waals surface area contributed by atoms with Crippen molar-refractivity contribution < 1.29 is 27.1 Å². The summed E-state index contributed by atoms with van der Waals surface area (Å²) in [6, 6.07) is 17.8. The maximum atomic E-state index is 14.7. The molecule has 10 heteroatoms. The zero-order valence-electron chi connectivity index (χ0n) is 19.5.